The van der Waals surface area contributed by atoms with Gasteiger partial charge in [-0.25, -0.2) is 0 Å². The molecule has 0 spiro atoms. The third-order valence-electron chi connectivity index (χ3n) is 2.09. The Morgan fingerprint density at radius 2 is 1.07 bits per heavy atom. The van der Waals surface area contributed by atoms with Crippen molar-refractivity contribution in [2.75, 3.05) is 0 Å². The Balaban J connectivity index is 2.15. The van der Waals surface area contributed by atoms with Crippen LogP contribution in [0.5, 0.6) is 0 Å². The van der Waals surface area contributed by atoms with Crippen molar-refractivity contribution in [1.82, 2.24) is 0 Å². The van der Waals surface area contributed by atoms with Gasteiger partial charge in [-0.3, -0.25) is 0 Å². The van der Waals surface area contributed by atoms with Gasteiger partial charge in [-0.05, 0) is 0 Å². The predicted octanol–water partition coefficient (Wildman–Crippen LogP) is -1.81. The summed E-state index contributed by atoms with van der Waals surface area (Å²) in [5.74, 6) is 0. The number of halogens is 1. The molecule has 2 nitrogen and oxygen atoms in total. The second kappa shape index (κ2) is 4.70. The number of hydrogen-bond acceptors (Lipinski definition) is 0. The van der Waals surface area contributed by atoms with Crippen LogP contribution in [0.3, 0.4) is 0 Å². The topological polar surface area (TPSA) is 7.76 Å². The zero-order valence-electron chi connectivity index (χ0n) is 8.89. The van der Waals surface area contributed by atoms with Gasteiger partial charge in [0.15, 0.2) is 0 Å². The summed E-state index contributed by atoms with van der Waals surface area (Å²) in [5, 5.41) is 0. The number of hydrogen-bond donors (Lipinski definition) is 0. The van der Waals surface area contributed by atoms with Crippen LogP contribution in [0.15, 0.2) is 49.1 Å². The number of nitrogens with zero attached hydrogens (tertiary/aromatic N) is 2. The summed E-state index contributed by atoms with van der Waals surface area (Å²) < 4.78 is 4.53. The first-order valence-corrected chi connectivity index (χ1v) is 6.79. The van der Waals surface area contributed by atoms with E-state index in [4.69, 9.17) is 0 Å². The third kappa shape index (κ3) is 2.99. The molecule has 0 N–H and O–H groups in total. The molecule has 0 amide bonds. The zero-order chi connectivity index (χ0) is 10.7. The fraction of sp³-hybridized carbons (Fsp3) is 0.167. The van der Waals surface area contributed by atoms with Gasteiger partial charge in [-0.1, -0.05) is 0 Å². The van der Waals surface area contributed by atoms with Crippen LogP contribution in [-0.4, -0.2) is 0 Å². The molecule has 2 aromatic rings. The maximum atomic E-state index is 2.27. The molecule has 78 valence electrons. The van der Waals surface area contributed by atoms with Gasteiger partial charge in [0.1, 0.15) is 0 Å². The molecule has 0 aliphatic carbocycles. The van der Waals surface area contributed by atoms with Crippen LogP contribution in [-0.2, 0) is 0 Å². The Bertz CT molecular complexity index is 391. The normalized spacial score (nSPS) is 10.5. The Hall–Kier alpha value is -0.970. The third-order valence-corrected chi connectivity index (χ3v) is 4.38. The standard InChI is InChI=1S/C12H14IN2/c1-11-3-7-14(8-4-11)13-15-9-5-12(2)6-10-15/h3-10H,1-2H3/q+1. The van der Waals surface area contributed by atoms with Crippen LogP contribution >= 0.6 is 0 Å². The summed E-state index contributed by atoms with van der Waals surface area (Å²) in [4.78, 5) is 0. The summed E-state index contributed by atoms with van der Waals surface area (Å²) in [7, 11) is 0. The molecule has 0 bridgehead atoms. The molecule has 0 aliphatic rings. The summed E-state index contributed by atoms with van der Waals surface area (Å²) in [6.07, 6.45) is 8.59. The molecule has 0 saturated heterocycles. The Morgan fingerprint density at radius 3 is 1.40 bits per heavy atom. The molecule has 2 heterocycles. The van der Waals surface area contributed by atoms with E-state index in [0.717, 1.165) is 0 Å². The molecule has 2 aromatic heterocycles. The van der Waals surface area contributed by atoms with E-state index in [2.05, 4.69) is 68.5 Å². The molecule has 0 atom stereocenters. The molecule has 0 radical (unpaired) electrons. The van der Waals surface area contributed by atoms with E-state index in [1.807, 2.05) is 0 Å². The van der Waals surface area contributed by atoms with E-state index < -0.39 is 0 Å². The molecular weight excluding hydrogens is 299 g/mol. The Morgan fingerprint density at radius 1 is 0.733 bits per heavy atom. The molecule has 2 rings (SSSR count). The summed E-state index contributed by atoms with van der Waals surface area (Å²) in [6, 6.07) is 8.59. The van der Waals surface area contributed by atoms with Gasteiger partial charge in [0.05, 0.1) is 0 Å². The van der Waals surface area contributed by atoms with E-state index in [0.29, 0.717) is 0 Å². The number of aryl methyl sites for hydroxylation is 2. The van der Waals surface area contributed by atoms with E-state index in [-0.39, 0.29) is 21.8 Å². The monoisotopic (exact) mass is 313 g/mol. The van der Waals surface area contributed by atoms with Crippen molar-refractivity contribution < 1.29 is 27.3 Å². The first-order valence-electron chi connectivity index (χ1n) is 4.86. The molecule has 0 unspecified atom stereocenters. The molecule has 0 aromatic carbocycles. The van der Waals surface area contributed by atoms with Crippen LogP contribution < -0.4 is 27.3 Å². The summed E-state index contributed by atoms with van der Waals surface area (Å²) >= 11 is -0.164. The van der Waals surface area contributed by atoms with Gasteiger partial charge in [0.25, 0.3) is 0 Å². The van der Waals surface area contributed by atoms with Crippen LogP contribution in [0.4, 0.5) is 0 Å². The van der Waals surface area contributed by atoms with Crippen molar-refractivity contribution in [3.8, 4) is 0 Å². The predicted molar refractivity (Wildman–Crippen MR) is 53.5 cm³/mol. The number of rotatable bonds is 2. The molecule has 3 heteroatoms. The van der Waals surface area contributed by atoms with Gasteiger partial charge in [-0.15, -0.1) is 0 Å². The van der Waals surface area contributed by atoms with Crippen LogP contribution in [0, 0.1) is 13.8 Å². The molecule has 0 fully saturated rings. The SMILES string of the molecule is Cc1cc[n+]([I-][n+]2ccc(C)cc2)cc1. The van der Waals surface area contributed by atoms with Gasteiger partial charge in [-0.2, -0.15) is 0 Å². The van der Waals surface area contributed by atoms with Gasteiger partial charge < -0.3 is 0 Å². The van der Waals surface area contributed by atoms with Gasteiger partial charge >= 0.3 is 101 Å². The zero-order valence-corrected chi connectivity index (χ0v) is 11.0. The van der Waals surface area contributed by atoms with E-state index in [1.54, 1.807) is 0 Å². The minimum atomic E-state index is -0.164. The van der Waals surface area contributed by atoms with Crippen molar-refractivity contribution in [3.05, 3.63) is 60.2 Å². The van der Waals surface area contributed by atoms with Crippen LogP contribution in [0.2, 0.25) is 0 Å². The van der Waals surface area contributed by atoms with Crippen molar-refractivity contribution in [2.45, 2.75) is 13.8 Å². The van der Waals surface area contributed by atoms with E-state index in [1.165, 1.54) is 11.1 Å². The number of pyridine rings is 2. The fourth-order valence-corrected chi connectivity index (χ4v) is 2.96. The minimum absolute atomic E-state index is 0.164. The first-order chi connectivity index (χ1) is 7.24. The summed E-state index contributed by atoms with van der Waals surface area (Å²) in [6.45, 7) is 4.23. The van der Waals surface area contributed by atoms with Crippen molar-refractivity contribution in [2.24, 2.45) is 0 Å². The van der Waals surface area contributed by atoms with Gasteiger partial charge in [0, 0.05) is 0 Å². The van der Waals surface area contributed by atoms with E-state index >= 15 is 0 Å². The average molecular weight is 313 g/mol. The molecule has 0 aliphatic heterocycles. The second-order valence-corrected chi connectivity index (χ2v) is 6.17. The van der Waals surface area contributed by atoms with Crippen molar-refractivity contribution in [3.63, 3.8) is 0 Å². The molecule has 15 heavy (non-hydrogen) atoms. The van der Waals surface area contributed by atoms with Gasteiger partial charge in [0.2, 0.25) is 0 Å². The number of aromatic nitrogens is 2. The second-order valence-electron chi connectivity index (χ2n) is 3.52. The Kier molecular flexibility index (Phi) is 3.30. The summed E-state index contributed by atoms with van der Waals surface area (Å²) in [5.41, 5.74) is 2.62. The van der Waals surface area contributed by atoms with Crippen LogP contribution in [0.1, 0.15) is 11.1 Å². The van der Waals surface area contributed by atoms with Crippen molar-refractivity contribution in [1.29, 1.82) is 0 Å². The Labute approximate surface area is 101 Å². The quantitative estimate of drug-likeness (QED) is 0.578. The fourth-order valence-electron chi connectivity index (χ4n) is 1.17. The average Bonchev–Trinajstić information content (AvgIpc) is 2.25. The molecule has 0 saturated carbocycles. The van der Waals surface area contributed by atoms with E-state index in [9.17, 15) is 0 Å². The first kappa shape index (κ1) is 10.5. The van der Waals surface area contributed by atoms with Crippen LogP contribution in [0.25, 0.3) is 0 Å². The molecular formula is C12H14IN2+. The maximum absolute atomic E-state index is 2.27. The van der Waals surface area contributed by atoms with Crippen molar-refractivity contribution >= 4 is 0 Å².